The Balaban J connectivity index is 1.47. The van der Waals surface area contributed by atoms with Crippen molar-refractivity contribution < 1.29 is 9.47 Å². The minimum absolute atomic E-state index is 0.359. The first-order valence-electron chi connectivity index (χ1n) is 9.29. The summed E-state index contributed by atoms with van der Waals surface area (Å²) >= 11 is 0. The zero-order valence-electron chi connectivity index (χ0n) is 14.5. The van der Waals surface area contributed by atoms with E-state index in [0.29, 0.717) is 19.3 Å². The minimum atomic E-state index is -0.359. The summed E-state index contributed by atoms with van der Waals surface area (Å²) in [7, 11) is 0. The molecule has 0 amide bonds. The van der Waals surface area contributed by atoms with E-state index in [-0.39, 0.29) is 5.79 Å². The molecule has 3 aliphatic rings. The van der Waals surface area contributed by atoms with Crippen LogP contribution < -0.4 is 9.80 Å². The molecule has 4 heterocycles. The van der Waals surface area contributed by atoms with Crippen LogP contribution in [-0.4, -0.2) is 59.9 Å². The second-order valence-electron chi connectivity index (χ2n) is 6.96. The van der Waals surface area contributed by atoms with Crippen LogP contribution >= 0.6 is 0 Å². The van der Waals surface area contributed by atoms with Crippen molar-refractivity contribution in [3.8, 4) is 0 Å². The van der Waals surface area contributed by atoms with Crippen LogP contribution in [0.1, 0.15) is 45.4 Å². The Morgan fingerprint density at radius 2 is 1.96 bits per heavy atom. The monoisotopic (exact) mass is 333 g/mol. The van der Waals surface area contributed by atoms with Crippen LogP contribution in [0.4, 0.5) is 11.8 Å². The molecule has 0 radical (unpaired) electrons. The molecule has 1 aromatic rings. The average molecular weight is 333 g/mol. The summed E-state index contributed by atoms with van der Waals surface area (Å²) in [5, 5.41) is 8.51. The lowest BCUT2D eigenvalue weighted by Crippen LogP contribution is -2.46. The maximum absolute atomic E-state index is 5.80. The van der Waals surface area contributed by atoms with Gasteiger partial charge in [0.25, 0.3) is 0 Å². The van der Waals surface area contributed by atoms with Crippen LogP contribution in [0, 0.1) is 0 Å². The number of aromatic nitrogens is 3. The molecule has 3 aliphatic heterocycles. The molecule has 0 aliphatic carbocycles. The van der Waals surface area contributed by atoms with Crippen LogP contribution in [0.5, 0.6) is 0 Å². The lowest BCUT2D eigenvalue weighted by atomic mass is 10.0. The summed E-state index contributed by atoms with van der Waals surface area (Å²) in [5.74, 6) is 1.35. The molecular weight excluding hydrogens is 306 g/mol. The molecule has 24 heavy (non-hydrogen) atoms. The van der Waals surface area contributed by atoms with E-state index in [9.17, 15) is 0 Å². The Morgan fingerprint density at radius 1 is 1.17 bits per heavy atom. The highest BCUT2D eigenvalue weighted by Gasteiger charge is 2.40. The summed E-state index contributed by atoms with van der Waals surface area (Å²) in [6, 6.07) is 0.577. The van der Waals surface area contributed by atoms with E-state index in [1.54, 1.807) is 0 Å². The molecule has 7 heteroatoms. The number of anilines is 2. The van der Waals surface area contributed by atoms with Gasteiger partial charge in [0, 0.05) is 38.5 Å². The maximum Gasteiger partial charge on any atom is 0.247 e. The van der Waals surface area contributed by atoms with Crippen molar-refractivity contribution in [3.05, 3.63) is 6.20 Å². The van der Waals surface area contributed by atoms with Gasteiger partial charge in [-0.05, 0) is 25.7 Å². The van der Waals surface area contributed by atoms with Crippen molar-refractivity contribution in [2.24, 2.45) is 0 Å². The van der Waals surface area contributed by atoms with Crippen LogP contribution in [0.25, 0.3) is 0 Å². The van der Waals surface area contributed by atoms with Gasteiger partial charge < -0.3 is 19.3 Å². The van der Waals surface area contributed by atoms with Gasteiger partial charge in [0.2, 0.25) is 5.95 Å². The predicted molar refractivity (Wildman–Crippen MR) is 91.2 cm³/mol. The van der Waals surface area contributed by atoms with Crippen molar-refractivity contribution >= 4 is 11.8 Å². The number of piperidine rings is 2. The molecule has 4 rings (SSSR count). The van der Waals surface area contributed by atoms with Crippen LogP contribution in [0.15, 0.2) is 6.20 Å². The van der Waals surface area contributed by atoms with Gasteiger partial charge in [-0.15, -0.1) is 5.10 Å². The van der Waals surface area contributed by atoms with E-state index in [1.165, 1.54) is 19.3 Å². The summed E-state index contributed by atoms with van der Waals surface area (Å²) in [6.07, 6.45) is 8.48. The largest absolute Gasteiger partial charge is 0.352 e. The Labute approximate surface area is 143 Å². The lowest BCUT2D eigenvalue weighted by Gasteiger charge is -2.38. The van der Waals surface area contributed by atoms with Crippen molar-refractivity contribution in [2.75, 3.05) is 42.6 Å². The Hall–Kier alpha value is -1.47. The van der Waals surface area contributed by atoms with E-state index >= 15 is 0 Å². The van der Waals surface area contributed by atoms with Gasteiger partial charge in [0.05, 0.1) is 19.4 Å². The molecule has 132 valence electrons. The van der Waals surface area contributed by atoms with Crippen molar-refractivity contribution in [2.45, 2.75) is 57.3 Å². The van der Waals surface area contributed by atoms with Crippen molar-refractivity contribution in [1.82, 2.24) is 15.2 Å². The van der Waals surface area contributed by atoms with E-state index in [1.807, 2.05) is 6.20 Å². The fourth-order valence-electron chi connectivity index (χ4n) is 4.12. The number of hydrogen-bond acceptors (Lipinski definition) is 7. The molecule has 0 aromatic carbocycles. The first-order valence-corrected chi connectivity index (χ1v) is 9.29. The molecule has 3 saturated heterocycles. The fraction of sp³-hybridized carbons (Fsp3) is 0.824. The molecule has 1 aromatic heterocycles. The molecule has 0 bridgehead atoms. The van der Waals surface area contributed by atoms with Gasteiger partial charge in [-0.25, -0.2) is 0 Å². The van der Waals surface area contributed by atoms with Crippen LogP contribution in [-0.2, 0) is 9.47 Å². The smallest absolute Gasteiger partial charge is 0.247 e. The van der Waals surface area contributed by atoms with Crippen molar-refractivity contribution in [3.63, 3.8) is 0 Å². The normalized spacial score (nSPS) is 27.0. The molecule has 1 unspecified atom stereocenters. The van der Waals surface area contributed by atoms with E-state index in [2.05, 4.69) is 26.9 Å². The minimum Gasteiger partial charge on any atom is -0.352 e. The van der Waals surface area contributed by atoms with Gasteiger partial charge in [0.15, 0.2) is 11.6 Å². The van der Waals surface area contributed by atoms with E-state index < -0.39 is 0 Å². The second kappa shape index (κ2) is 6.80. The third kappa shape index (κ3) is 3.07. The highest BCUT2D eigenvalue weighted by Crippen LogP contribution is 2.33. The van der Waals surface area contributed by atoms with Gasteiger partial charge in [-0.2, -0.15) is 10.1 Å². The summed E-state index contributed by atoms with van der Waals surface area (Å²) in [6.45, 7) is 6.44. The standard InChI is InChI=1S/C17H27N5O2/c1-2-14-5-3-4-8-22(14)15-13-18-20-16(19-15)21-9-6-17(7-10-21)23-11-12-24-17/h13-14H,2-12H2,1H3. The van der Waals surface area contributed by atoms with Crippen LogP contribution in [0.2, 0.25) is 0 Å². The Kier molecular flexibility index (Phi) is 4.54. The van der Waals surface area contributed by atoms with Gasteiger partial charge in [0.1, 0.15) is 0 Å². The van der Waals surface area contributed by atoms with Gasteiger partial charge in [-0.1, -0.05) is 6.92 Å². The first-order chi connectivity index (χ1) is 11.8. The number of rotatable bonds is 3. The molecule has 1 spiro atoms. The molecular formula is C17H27N5O2. The summed E-state index contributed by atoms with van der Waals surface area (Å²) in [5.41, 5.74) is 0. The van der Waals surface area contributed by atoms with Gasteiger partial charge >= 0.3 is 0 Å². The lowest BCUT2D eigenvalue weighted by molar-refractivity contribution is -0.169. The Morgan fingerprint density at radius 3 is 2.71 bits per heavy atom. The zero-order valence-corrected chi connectivity index (χ0v) is 14.5. The highest BCUT2D eigenvalue weighted by molar-refractivity contribution is 5.43. The zero-order chi connectivity index (χ0) is 16.4. The summed E-state index contributed by atoms with van der Waals surface area (Å²) in [4.78, 5) is 9.45. The predicted octanol–water partition coefficient (Wildman–Crippen LogP) is 1.98. The quantitative estimate of drug-likeness (QED) is 0.838. The highest BCUT2D eigenvalue weighted by atomic mass is 16.7. The average Bonchev–Trinajstić information content (AvgIpc) is 3.10. The second-order valence-corrected chi connectivity index (χ2v) is 6.96. The molecule has 0 saturated carbocycles. The number of nitrogens with zero attached hydrogens (tertiary/aromatic N) is 5. The molecule has 7 nitrogen and oxygen atoms in total. The molecule has 1 atom stereocenters. The molecule has 0 N–H and O–H groups in total. The fourth-order valence-corrected chi connectivity index (χ4v) is 4.12. The number of hydrogen-bond donors (Lipinski definition) is 0. The van der Waals surface area contributed by atoms with E-state index in [0.717, 1.165) is 50.7 Å². The first kappa shape index (κ1) is 16.0. The maximum atomic E-state index is 5.80. The van der Waals surface area contributed by atoms with Crippen LogP contribution in [0.3, 0.4) is 0 Å². The Bertz CT molecular complexity index is 554. The third-order valence-corrected chi connectivity index (χ3v) is 5.55. The van der Waals surface area contributed by atoms with Crippen molar-refractivity contribution in [1.29, 1.82) is 0 Å². The van der Waals surface area contributed by atoms with E-state index in [4.69, 9.17) is 14.5 Å². The topological polar surface area (TPSA) is 63.6 Å². The number of ether oxygens (including phenoxy) is 2. The SMILES string of the molecule is CCC1CCCCN1c1cnnc(N2CCC3(CC2)OCCO3)n1. The molecule has 3 fully saturated rings. The van der Waals surface area contributed by atoms with Gasteiger partial charge in [-0.3, -0.25) is 0 Å². The summed E-state index contributed by atoms with van der Waals surface area (Å²) < 4.78 is 11.6. The third-order valence-electron chi connectivity index (χ3n) is 5.55.